The molecule has 248 valence electrons. The quantitative estimate of drug-likeness (QED) is 0.181. The molecule has 46 heavy (non-hydrogen) atoms. The SMILES string of the molecule is CCC(C)[C@H](NC(=O)Cc1ccccn1)C(=O)N[C@]1(C(=O)NC(C(N)=S)[C@@H](C)CC)CCc2[nH]c3c(C(F)(F)F)cccc3c2C1. The minimum atomic E-state index is -4.59. The van der Waals surface area contributed by atoms with Crippen LogP contribution in [-0.4, -0.2) is 50.3 Å². The lowest BCUT2D eigenvalue weighted by Gasteiger charge is -2.40. The van der Waals surface area contributed by atoms with Gasteiger partial charge in [0.15, 0.2) is 0 Å². The van der Waals surface area contributed by atoms with Gasteiger partial charge in [-0.15, -0.1) is 0 Å². The predicted molar refractivity (Wildman–Crippen MR) is 174 cm³/mol. The number of amides is 3. The van der Waals surface area contributed by atoms with E-state index in [1.54, 1.807) is 30.5 Å². The Balaban J connectivity index is 1.72. The van der Waals surface area contributed by atoms with E-state index in [2.05, 4.69) is 25.9 Å². The van der Waals surface area contributed by atoms with Crippen molar-refractivity contribution in [1.29, 1.82) is 0 Å². The Kier molecular flexibility index (Phi) is 10.8. The number of nitrogens with one attached hydrogen (secondary N) is 4. The number of pyridine rings is 1. The Morgan fingerprint density at radius 3 is 2.35 bits per heavy atom. The van der Waals surface area contributed by atoms with E-state index < -0.39 is 47.1 Å². The maximum atomic E-state index is 14.3. The first-order valence-corrected chi connectivity index (χ1v) is 15.9. The molecule has 0 radical (unpaired) electrons. The van der Waals surface area contributed by atoms with E-state index in [0.29, 0.717) is 35.2 Å². The number of aromatic nitrogens is 2. The summed E-state index contributed by atoms with van der Waals surface area (Å²) in [6, 6.07) is 7.45. The standard InChI is InChI=1S/C33H41F3N6O3S/c1-5-18(3)26(29(37)46)41-31(45)32(14-13-24-22(17-32)21-11-9-12-23(28(21)39-24)33(34,35)36)42-30(44)27(19(4)6-2)40-25(43)16-20-10-7-8-15-38-20/h7-12,15,18-19,26-27,39H,5-6,13-14,16-17H2,1-4H3,(H2,37,46)(H,40,43)(H,41,45)(H,42,44)/t18-,19?,26?,27-,32+/m0/s1. The largest absolute Gasteiger partial charge is 0.418 e. The number of fused-ring (bicyclic) bond motifs is 3. The number of H-pyrrole nitrogens is 1. The average Bonchev–Trinajstić information content (AvgIpc) is 3.39. The number of rotatable bonds is 12. The van der Waals surface area contributed by atoms with Gasteiger partial charge in [0.25, 0.3) is 0 Å². The van der Waals surface area contributed by atoms with Crippen molar-refractivity contribution in [2.24, 2.45) is 17.6 Å². The van der Waals surface area contributed by atoms with Crippen LogP contribution in [0.3, 0.4) is 0 Å². The number of hydrogen-bond acceptors (Lipinski definition) is 5. The summed E-state index contributed by atoms with van der Waals surface area (Å²) in [6.45, 7) is 7.53. The molecule has 6 N–H and O–H groups in total. The van der Waals surface area contributed by atoms with Crippen molar-refractivity contribution in [3.63, 3.8) is 0 Å². The highest BCUT2D eigenvalue weighted by Crippen LogP contribution is 2.40. The third-order valence-electron chi connectivity index (χ3n) is 9.10. The highest BCUT2D eigenvalue weighted by molar-refractivity contribution is 7.80. The molecule has 0 fully saturated rings. The molecule has 13 heteroatoms. The van der Waals surface area contributed by atoms with Crippen LogP contribution in [-0.2, 0) is 39.8 Å². The first kappa shape index (κ1) is 34.9. The van der Waals surface area contributed by atoms with Gasteiger partial charge in [-0.3, -0.25) is 19.4 Å². The Labute approximate surface area is 271 Å². The van der Waals surface area contributed by atoms with Crippen molar-refractivity contribution in [3.05, 3.63) is 65.1 Å². The minimum Gasteiger partial charge on any atom is -0.392 e. The number of halogens is 3. The van der Waals surface area contributed by atoms with Crippen LogP contribution < -0.4 is 21.7 Å². The smallest absolute Gasteiger partial charge is 0.392 e. The van der Waals surface area contributed by atoms with Gasteiger partial charge < -0.3 is 26.7 Å². The van der Waals surface area contributed by atoms with Crippen LogP contribution in [0.5, 0.6) is 0 Å². The molecule has 9 nitrogen and oxygen atoms in total. The molecule has 1 aromatic carbocycles. The van der Waals surface area contributed by atoms with Crippen molar-refractivity contribution in [1.82, 2.24) is 25.9 Å². The molecule has 2 heterocycles. The number of nitrogens with zero attached hydrogens (tertiary/aromatic N) is 1. The number of aryl methyl sites for hydroxylation is 1. The fraction of sp³-hybridized carbons (Fsp3) is 0.485. The van der Waals surface area contributed by atoms with Crippen LogP contribution in [0.15, 0.2) is 42.6 Å². The predicted octanol–water partition coefficient (Wildman–Crippen LogP) is 4.52. The summed E-state index contributed by atoms with van der Waals surface area (Å²) in [4.78, 5) is 48.6. The first-order chi connectivity index (χ1) is 21.7. The minimum absolute atomic E-state index is 0.0442. The second-order valence-electron chi connectivity index (χ2n) is 12.2. The molecule has 5 atom stereocenters. The molecule has 0 spiro atoms. The molecule has 4 rings (SSSR count). The van der Waals surface area contributed by atoms with E-state index in [9.17, 15) is 27.6 Å². The molecule has 2 unspecified atom stereocenters. The normalized spacial score (nSPS) is 18.9. The van der Waals surface area contributed by atoms with Crippen molar-refractivity contribution in [3.8, 4) is 0 Å². The number of thiocarbonyl (C=S) groups is 1. The summed E-state index contributed by atoms with van der Waals surface area (Å²) < 4.78 is 41.7. The van der Waals surface area contributed by atoms with E-state index in [-0.39, 0.29) is 48.0 Å². The van der Waals surface area contributed by atoms with E-state index >= 15 is 0 Å². The maximum absolute atomic E-state index is 14.3. The molecule has 0 bridgehead atoms. The van der Waals surface area contributed by atoms with E-state index in [0.717, 1.165) is 6.07 Å². The number of aromatic amines is 1. The Hall–Kier alpha value is -4.00. The van der Waals surface area contributed by atoms with Gasteiger partial charge >= 0.3 is 6.18 Å². The Bertz CT molecular complexity index is 1590. The first-order valence-electron chi connectivity index (χ1n) is 15.5. The summed E-state index contributed by atoms with van der Waals surface area (Å²) >= 11 is 5.27. The number of hydrogen-bond donors (Lipinski definition) is 5. The number of nitrogens with two attached hydrogens (primary N) is 1. The van der Waals surface area contributed by atoms with Gasteiger partial charge in [-0.05, 0) is 48.4 Å². The number of para-hydroxylation sites is 1. The fourth-order valence-corrected chi connectivity index (χ4v) is 6.27. The zero-order chi connectivity index (χ0) is 33.8. The third kappa shape index (κ3) is 7.51. The van der Waals surface area contributed by atoms with Crippen LogP contribution in [0.2, 0.25) is 0 Å². The summed E-state index contributed by atoms with van der Waals surface area (Å²) in [5.41, 5.74) is 5.19. The molecule has 0 aliphatic heterocycles. The van der Waals surface area contributed by atoms with Gasteiger partial charge in [-0.25, -0.2) is 0 Å². The van der Waals surface area contributed by atoms with Gasteiger partial charge in [-0.2, -0.15) is 13.2 Å². The van der Waals surface area contributed by atoms with Crippen LogP contribution >= 0.6 is 12.2 Å². The van der Waals surface area contributed by atoms with E-state index in [1.807, 2.05) is 27.7 Å². The van der Waals surface area contributed by atoms with E-state index in [1.165, 1.54) is 6.07 Å². The van der Waals surface area contributed by atoms with Crippen molar-refractivity contribution in [2.45, 2.75) is 90.0 Å². The topological polar surface area (TPSA) is 142 Å². The molecule has 2 aromatic heterocycles. The van der Waals surface area contributed by atoms with Gasteiger partial charge in [0, 0.05) is 29.4 Å². The summed E-state index contributed by atoms with van der Waals surface area (Å²) in [5, 5.41) is 9.04. The monoisotopic (exact) mass is 658 g/mol. The average molecular weight is 659 g/mol. The van der Waals surface area contributed by atoms with Crippen LogP contribution in [0.4, 0.5) is 13.2 Å². The molecule has 0 saturated heterocycles. The third-order valence-corrected chi connectivity index (χ3v) is 9.35. The lowest BCUT2D eigenvalue weighted by atomic mass is 9.78. The summed E-state index contributed by atoms with van der Waals surface area (Å²) in [5.74, 6) is -1.96. The fourth-order valence-electron chi connectivity index (χ4n) is 5.98. The molecule has 0 saturated carbocycles. The van der Waals surface area contributed by atoms with Crippen molar-refractivity contribution < 1.29 is 27.6 Å². The highest BCUT2D eigenvalue weighted by atomic mass is 32.1. The molecule has 1 aliphatic rings. The zero-order valence-electron chi connectivity index (χ0n) is 26.4. The highest BCUT2D eigenvalue weighted by Gasteiger charge is 2.47. The molecule has 1 aliphatic carbocycles. The maximum Gasteiger partial charge on any atom is 0.418 e. The number of benzene rings is 1. The van der Waals surface area contributed by atoms with Crippen LogP contribution in [0.1, 0.15) is 69.5 Å². The van der Waals surface area contributed by atoms with E-state index in [4.69, 9.17) is 18.0 Å². The molecular weight excluding hydrogens is 617 g/mol. The lowest BCUT2D eigenvalue weighted by Crippen LogP contribution is -2.67. The van der Waals surface area contributed by atoms with Crippen LogP contribution in [0, 0.1) is 11.8 Å². The number of alkyl halides is 3. The van der Waals surface area contributed by atoms with Gasteiger partial charge in [0.2, 0.25) is 17.7 Å². The number of carbonyl (C=O) groups is 3. The molecule has 3 amide bonds. The second kappa shape index (κ2) is 14.2. The van der Waals surface area contributed by atoms with Gasteiger partial charge in [0.1, 0.15) is 11.6 Å². The Morgan fingerprint density at radius 1 is 1.04 bits per heavy atom. The van der Waals surface area contributed by atoms with Gasteiger partial charge in [-0.1, -0.05) is 71.0 Å². The lowest BCUT2D eigenvalue weighted by molar-refractivity contribution is -0.137. The number of carbonyl (C=O) groups excluding carboxylic acids is 3. The zero-order valence-corrected chi connectivity index (χ0v) is 27.2. The van der Waals surface area contributed by atoms with Crippen LogP contribution in [0.25, 0.3) is 10.9 Å². The summed E-state index contributed by atoms with van der Waals surface area (Å²) in [7, 11) is 0. The molecule has 3 aromatic rings. The summed E-state index contributed by atoms with van der Waals surface area (Å²) in [6.07, 6.45) is -1.66. The van der Waals surface area contributed by atoms with Crippen molar-refractivity contribution >= 4 is 45.8 Å². The Morgan fingerprint density at radius 2 is 1.74 bits per heavy atom. The second-order valence-corrected chi connectivity index (χ2v) is 12.7. The van der Waals surface area contributed by atoms with Crippen molar-refractivity contribution in [2.75, 3.05) is 0 Å². The molecular formula is C33H41F3N6O3S. The van der Waals surface area contributed by atoms with Gasteiger partial charge in [0.05, 0.1) is 28.5 Å².